The Morgan fingerprint density at radius 1 is 1.32 bits per heavy atom. The third-order valence-corrected chi connectivity index (χ3v) is 2.94. The van der Waals surface area contributed by atoms with Gasteiger partial charge in [0.25, 0.3) is 5.56 Å². The zero-order valence-electron chi connectivity index (χ0n) is 12.9. The van der Waals surface area contributed by atoms with E-state index in [4.69, 9.17) is 0 Å². The standard InChI is InChI=1S/C15H27N3O/c1-6-7-16-9-13-8-14(12(4)5)17-18(15(13)19)10-11(2)3/h8,11-12,16H,6-7,9-10H2,1-5H3. The third-order valence-electron chi connectivity index (χ3n) is 2.94. The summed E-state index contributed by atoms with van der Waals surface area (Å²) in [5.41, 5.74) is 1.86. The molecule has 0 amide bonds. The summed E-state index contributed by atoms with van der Waals surface area (Å²) in [7, 11) is 0. The van der Waals surface area contributed by atoms with Crippen LogP contribution >= 0.6 is 0 Å². The summed E-state index contributed by atoms with van der Waals surface area (Å²) in [6, 6.07) is 1.95. The quantitative estimate of drug-likeness (QED) is 0.771. The van der Waals surface area contributed by atoms with Gasteiger partial charge in [-0.1, -0.05) is 34.6 Å². The van der Waals surface area contributed by atoms with E-state index in [9.17, 15) is 4.79 Å². The van der Waals surface area contributed by atoms with Gasteiger partial charge in [-0.15, -0.1) is 0 Å². The number of rotatable bonds is 7. The van der Waals surface area contributed by atoms with Gasteiger partial charge in [0.1, 0.15) is 0 Å². The van der Waals surface area contributed by atoms with Crippen LogP contribution < -0.4 is 10.9 Å². The molecule has 1 aromatic rings. The highest BCUT2D eigenvalue weighted by molar-refractivity contribution is 5.16. The van der Waals surface area contributed by atoms with Gasteiger partial charge in [-0.05, 0) is 30.9 Å². The molecular formula is C15H27N3O. The van der Waals surface area contributed by atoms with Crippen LogP contribution in [0.1, 0.15) is 58.2 Å². The fourth-order valence-electron chi connectivity index (χ4n) is 1.90. The van der Waals surface area contributed by atoms with E-state index in [1.54, 1.807) is 4.68 Å². The Morgan fingerprint density at radius 3 is 2.53 bits per heavy atom. The van der Waals surface area contributed by atoms with Crippen LogP contribution in [0.25, 0.3) is 0 Å². The summed E-state index contributed by atoms with van der Waals surface area (Å²) in [5, 5.41) is 7.77. The van der Waals surface area contributed by atoms with Crippen molar-refractivity contribution < 1.29 is 0 Å². The van der Waals surface area contributed by atoms with Gasteiger partial charge in [0.2, 0.25) is 0 Å². The topological polar surface area (TPSA) is 46.9 Å². The van der Waals surface area contributed by atoms with Crippen LogP contribution in [0.4, 0.5) is 0 Å². The number of nitrogens with one attached hydrogen (secondary N) is 1. The maximum atomic E-state index is 12.3. The SMILES string of the molecule is CCCNCc1cc(C(C)C)nn(CC(C)C)c1=O. The van der Waals surface area contributed by atoms with Crippen LogP contribution in [-0.4, -0.2) is 16.3 Å². The van der Waals surface area contributed by atoms with Crippen molar-refractivity contribution in [3.8, 4) is 0 Å². The van der Waals surface area contributed by atoms with Gasteiger partial charge in [0, 0.05) is 18.7 Å². The lowest BCUT2D eigenvalue weighted by Gasteiger charge is -2.14. The molecule has 0 aliphatic heterocycles. The van der Waals surface area contributed by atoms with Gasteiger partial charge in [-0.2, -0.15) is 5.10 Å². The molecule has 1 heterocycles. The van der Waals surface area contributed by atoms with Gasteiger partial charge in [-0.3, -0.25) is 4.79 Å². The van der Waals surface area contributed by atoms with Crippen molar-refractivity contribution in [2.75, 3.05) is 6.54 Å². The van der Waals surface area contributed by atoms with E-state index in [1.807, 2.05) is 6.07 Å². The van der Waals surface area contributed by atoms with Gasteiger partial charge >= 0.3 is 0 Å². The molecule has 0 fully saturated rings. The molecule has 0 saturated heterocycles. The van der Waals surface area contributed by atoms with E-state index in [1.165, 1.54) is 0 Å². The van der Waals surface area contributed by atoms with Crippen molar-refractivity contribution in [1.82, 2.24) is 15.1 Å². The van der Waals surface area contributed by atoms with E-state index in [-0.39, 0.29) is 5.56 Å². The predicted molar refractivity (Wildman–Crippen MR) is 79.4 cm³/mol. The van der Waals surface area contributed by atoms with Crippen LogP contribution in [0.3, 0.4) is 0 Å². The summed E-state index contributed by atoms with van der Waals surface area (Å²) in [4.78, 5) is 12.3. The largest absolute Gasteiger partial charge is 0.312 e. The predicted octanol–water partition coefficient (Wildman–Crippen LogP) is 2.52. The zero-order chi connectivity index (χ0) is 14.4. The lowest BCUT2D eigenvalue weighted by atomic mass is 10.1. The van der Waals surface area contributed by atoms with E-state index in [0.29, 0.717) is 24.9 Å². The van der Waals surface area contributed by atoms with E-state index in [0.717, 1.165) is 24.2 Å². The van der Waals surface area contributed by atoms with Gasteiger partial charge in [-0.25, -0.2) is 4.68 Å². The summed E-state index contributed by atoms with van der Waals surface area (Å²) >= 11 is 0. The highest BCUT2D eigenvalue weighted by Gasteiger charge is 2.11. The maximum Gasteiger partial charge on any atom is 0.271 e. The Bertz CT molecular complexity index is 449. The lowest BCUT2D eigenvalue weighted by molar-refractivity contribution is 0.450. The molecule has 0 radical (unpaired) electrons. The summed E-state index contributed by atoms with van der Waals surface area (Å²) in [5.74, 6) is 0.757. The second-order valence-electron chi connectivity index (χ2n) is 5.81. The Kier molecular flexibility index (Phi) is 6.22. The summed E-state index contributed by atoms with van der Waals surface area (Å²) in [6.45, 7) is 12.8. The zero-order valence-corrected chi connectivity index (χ0v) is 12.9. The minimum atomic E-state index is 0.0432. The van der Waals surface area contributed by atoms with E-state index in [2.05, 4.69) is 45.0 Å². The molecule has 4 heteroatoms. The van der Waals surface area contributed by atoms with Crippen molar-refractivity contribution in [3.63, 3.8) is 0 Å². The molecule has 4 nitrogen and oxygen atoms in total. The van der Waals surface area contributed by atoms with Gasteiger partial charge in [0.15, 0.2) is 0 Å². The fraction of sp³-hybridized carbons (Fsp3) is 0.733. The van der Waals surface area contributed by atoms with Crippen molar-refractivity contribution in [2.45, 2.75) is 60.0 Å². The fourth-order valence-corrected chi connectivity index (χ4v) is 1.90. The first-order chi connectivity index (χ1) is 8.95. The Morgan fingerprint density at radius 2 is 2.00 bits per heavy atom. The number of aromatic nitrogens is 2. The smallest absolute Gasteiger partial charge is 0.271 e. The monoisotopic (exact) mass is 265 g/mol. The minimum Gasteiger partial charge on any atom is -0.312 e. The second-order valence-corrected chi connectivity index (χ2v) is 5.81. The van der Waals surface area contributed by atoms with Crippen LogP contribution in [0.2, 0.25) is 0 Å². The number of hydrogen-bond donors (Lipinski definition) is 1. The molecule has 19 heavy (non-hydrogen) atoms. The molecule has 0 saturated carbocycles. The number of nitrogens with zero attached hydrogens (tertiary/aromatic N) is 2. The van der Waals surface area contributed by atoms with Crippen LogP contribution in [-0.2, 0) is 13.1 Å². The molecule has 1 N–H and O–H groups in total. The Hall–Kier alpha value is -1.16. The molecule has 1 rings (SSSR count). The van der Waals surface area contributed by atoms with Crippen LogP contribution in [0, 0.1) is 5.92 Å². The molecule has 1 aromatic heterocycles. The van der Waals surface area contributed by atoms with Crippen molar-refractivity contribution in [1.29, 1.82) is 0 Å². The average molecular weight is 265 g/mol. The molecule has 0 bridgehead atoms. The summed E-state index contributed by atoms with van der Waals surface area (Å²) < 4.78 is 1.63. The minimum absolute atomic E-state index is 0.0432. The molecule has 0 atom stereocenters. The van der Waals surface area contributed by atoms with Crippen molar-refractivity contribution in [2.24, 2.45) is 5.92 Å². The highest BCUT2D eigenvalue weighted by atomic mass is 16.1. The van der Waals surface area contributed by atoms with Gasteiger partial charge < -0.3 is 5.32 Å². The second kappa shape index (κ2) is 7.43. The molecule has 108 valence electrons. The molecule has 0 aliphatic carbocycles. The van der Waals surface area contributed by atoms with Crippen LogP contribution in [0.5, 0.6) is 0 Å². The molecule has 0 aromatic carbocycles. The Labute approximate surface area is 116 Å². The van der Waals surface area contributed by atoms with Gasteiger partial charge in [0.05, 0.1) is 5.69 Å². The summed E-state index contributed by atoms with van der Waals surface area (Å²) in [6.07, 6.45) is 1.07. The normalized spacial score (nSPS) is 11.5. The first-order valence-electron chi connectivity index (χ1n) is 7.27. The molecule has 0 spiro atoms. The van der Waals surface area contributed by atoms with E-state index >= 15 is 0 Å². The molecular weight excluding hydrogens is 238 g/mol. The average Bonchev–Trinajstić information content (AvgIpc) is 2.33. The van der Waals surface area contributed by atoms with Crippen molar-refractivity contribution >= 4 is 0 Å². The number of hydrogen-bond acceptors (Lipinski definition) is 3. The third kappa shape index (κ3) is 4.78. The highest BCUT2D eigenvalue weighted by Crippen LogP contribution is 2.11. The molecule has 0 aliphatic rings. The molecule has 0 unspecified atom stereocenters. The van der Waals surface area contributed by atoms with Crippen LogP contribution in [0.15, 0.2) is 10.9 Å². The first-order valence-corrected chi connectivity index (χ1v) is 7.27. The lowest BCUT2D eigenvalue weighted by Crippen LogP contribution is -2.31. The Balaban J connectivity index is 3.06. The van der Waals surface area contributed by atoms with Crippen molar-refractivity contribution in [3.05, 3.63) is 27.7 Å². The van der Waals surface area contributed by atoms with E-state index < -0.39 is 0 Å². The first kappa shape index (κ1) is 15.9. The maximum absolute atomic E-state index is 12.3.